The van der Waals surface area contributed by atoms with Gasteiger partial charge in [-0.25, -0.2) is 0 Å². The molecule has 8 rings (SSSR count). The molecule has 0 spiro atoms. The van der Waals surface area contributed by atoms with E-state index in [2.05, 4.69) is 81.4 Å². The van der Waals surface area contributed by atoms with E-state index in [1.807, 2.05) is 41.5 Å². The summed E-state index contributed by atoms with van der Waals surface area (Å²) in [6.45, 7) is 39.0. The third-order valence-electron chi connectivity index (χ3n) is 13.2. The first-order chi connectivity index (χ1) is 31.1. The van der Waals surface area contributed by atoms with Gasteiger partial charge in [0, 0.05) is 25.0 Å². The summed E-state index contributed by atoms with van der Waals surface area (Å²) in [6, 6.07) is 0. The SMILES string of the molecule is CC1=CCC(C)CC1.CC1=CCC(C)CC1.CC1CCC(C)C(=O)O1.CC1CCC(C)C(=O)O1.CC1CCC(C)OC1.CC1CCC(C)OC1.CC1COC(C)OC1.CC1COC(C)OC1. The second-order valence-corrected chi connectivity index (χ2v) is 21.6. The van der Waals surface area contributed by atoms with Crippen molar-refractivity contribution in [1.82, 2.24) is 0 Å². The van der Waals surface area contributed by atoms with Gasteiger partial charge in [0.05, 0.1) is 62.7 Å². The summed E-state index contributed by atoms with van der Waals surface area (Å²) in [6.07, 6.45) is 23.4. The molecule has 0 radical (unpaired) electrons. The van der Waals surface area contributed by atoms with Crippen molar-refractivity contribution in [3.05, 3.63) is 23.3 Å². The van der Waals surface area contributed by atoms with Crippen LogP contribution < -0.4 is 0 Å². The van der Waals surface area contributed by atoms with Crippen LogP contribution in [0.3, 0.4) is 0 Å². The Morgan fingerprint density at radius 3 is 0.848 bits per heavy atom. The lowest BCUT2D eigenvalue weighted by Gasteiger charge is -2.24. The number of carbonyl (C=O) groups is 2. The zero-order valence-corrected chi connectivity index (χ0v) is 45.5. The molecule has 6 saturated heterocycles. The van der Waals surface area contributed by atoms with Gasteiger partial charge in [-0.05, 0) is 169 Å². The average Bonchev–Trinajstić information content (AvgIpc) is 3.29. The van der Waals surface area contributed by atoms with Gasteiger partial charge < -0.3 is 37.9 Å². The number of allylic oxidation sites excluding steroid dienone is 4. The van der Waals surface area contributed by atoms with Crippen molar-refractivity contribution in [2.24, 2.45) is 47.3 Å². The van der Waals surface area contributed by atoms with Crippen LogP contribution in [0.1, 0.15) is 201 Å². The van der Waals surface area contributed by atoms with Crippen LogP contribution in [0.4, 0.5) is 0 Å². The predicted molar refractivity (Wildman–Crippen MR) is 270 cm³/mol. The first kappa shape index (κ1) is 62.2. The molecule has 0 saturated carbocycles. The van der Waals surface area contributed by atoms with Crippen molar-refractivity contribution in [2.75, 3.05) is 39.6 Å². The van der Waals surface area contributed by atoms with Crippen molar-refractivity contribution < 1.29 is 47.5 Å². The van der Waals surface area contributed by atoms with Crippen molar-refractivity contribution in [2.45, 2.75) is 238 Å². The third-order valence-corrected chi connectivity index (χ3v) is 13.2. The summed E-state index contributed by atoms with van der Waals surface area (Å²) in [5.74, 6) is 4.82. The Morgan fingerprint density at radius 1 is 0.348 bits per heavy atom. The van der Waals surface area contributed by atoms with Gasteiger partial charge in [0.2, 0.25) is 0 Å². The van der Waals surface area contributed by atoms with Crippen molar-refractivity contribution in [1.29, 1.82) is 0 Å². The zero-order chi connectivity index (χ0) is 49.6. The first-order valence-electron chi connectivity index (χ1n) is 26.5. The van der Waals surface area contributed by atoms with E-state index >= 15 is 0 Å². The fraction of sp³-hybridized carbons (Fsp3) is 0.893. The molecule has 388 valence electrons. The minimum absolute atomic E-state index is 0.0196. The monoisotopic (exact) mass is 937 g/mol. The Bertz CT molecular complexity index is 1110. The number of hydrogen-bond acceptors (Lipinski definition) is 10. The van der Waals surface area contributed by atoms with E-state index in [0.717, 1.165) is 89.0 Å². The molecule has 10 nitrogen and oxygen atoms in total. The predicted octanol–water partition coefficient (Wildman–Crippen LogP) is 13.9. The fourth-order valence-electron chi connectivity index (χ4n) is 7.56. The van der Waals surface area contributed by atoms with Gasteiger partial charge >= 0.3 is 11.9 Å². The van der Waals surface area contributed by atoms with Crippen LogP contribution in [0.5, 0.6) is 0 Å². The quantitative estimate of drug-likeness (QED) is 0.172. The smallest absolute Gasteiger partial charge is 0.308 e. The van der Waals surface area contributed by atoms with Gasteiger partial charge in [-0.2, -0.15) is 0 Å². The Hall–Kier alpha value is -1.82. The first-order valence-corrected chi connectivity index (χ1v) is 26.5. The van der Waals surface area contributed by atoms with Gasteiger partial charge in [-0.15, -0.1) is 0 Å². The Kier molecular flexibility index (Phi) is 34.1. The van der Waals surface area contributed by atoms with Crippen LogP contribution in [0.2, 0.25) is 0 Å². The highest BCUT2D eigenvalue weighted by molar-refractivity contribution is 5.73. The van der Waals surface area contributed by atoms with Gasteiger partial charge in [0.25, 0.3) is 0 Å². The molecule has 2 aliphatic carbocycles. The molecule has 10 atom stereocenters. The van der Waals surface area contributed by atoms with E-state index in [1.54, 1.807) is 11.1 Å². The number of esters is 2. The Morgan fingerprint density at radius 2 is 0.652 bits per heavy atom. The molecule has 10 unspecified atom stereocenters. The minimum Gasteiger partial charge on any atom is -0.462 e. The topological polar surface area (TPSA) is 108 Å². The summed E-state index contributed by atoms with van der Waals surface area (Å²) >= 11 is 0. The molecule has 0 amide bonds. The highest BCUT2D eigenvalue weighted by Crippen LogP contribution is 2.24. The van der Waals surface area contributed by atoms with Crippen LogP contribution in [0, 0.1) is 47.3 Å². The second kappa shape index (κ2) is 36.2. The molecule has 66 heavy (non-hydrogen) atoms. The van der Waals surface area contributed by atoms with Gasteiger partial charge in [-0.1, -0.05) is 78.7 Å². The lowest BCUT2D eigenvalue weighted by molar-refractivity contribution is -0.187. The number of rotatable bonds is 0. The van der Waals surface area contributed by atoms with Gasteiger partial charge in [0.1, 0.15) is 0 Å². The number of hydrogen-bond donors (Lipinski definition) is 0. The lowest BCUT2D eigenvalue weighted by Crippen LogP contribution is -2.27. The van der Waals surface area contributed by atoms with Crippen LogP contribution in [0.15, 0.2) is 23.3 Å². The second-order valence-electron chi connectivity index (χ2n) is 21.6. The van der Waals surface area contributed by atoms with E-state index in [4.69, 9.17) is 37.9 Å². The molecule has 6 aliphatic heterocycles. The molecule has 10 heteroatoms. The standard InChI is InChI=1S/2C8H14.2C7H12O2.2C7H14O.2C6H12O2/c2*1-7-3-5-8(2)6-4-7;2*1-5-3-4-6(2)9-7(5)8;2*1-6-3-4-7(2)8-5-6;2*1-5-3-7-6(2)8-4-5/h2*3,8H,4-6H2,1-2H3;2*5-6H,3-4H2,1-2H3;2*6-7H,3-5H2,1-2H3;2*5-6H,3-4H2,1-2H3. The third kappa shape index (κ3) is 32.8. The molecule has 0 bridgehead atoms. The normalized spacial score (nSPS) is 36.3. The molecule has 8 aliphatic rings. The summed E-state index contributed by atoms with van der Waals surface area (Å²) in [7, 11) is 0. The average molecular weight is 937 g/mol. The molecular weight excluding hydrogens is 833 g/mol. The Balaban J connectivity index is 0.000000377. The largest absolute Gasteiger partial charge is 0.462 e. The maximum atomic E-state index is 10.8. The highest BCUT2D eigenvalue weighted by Gasteiger charge is 2.24. The van der Waals surface area contributed by atoms with Crippen LogP contribution in [0.25, 0.3) is 0 Å². The number of carbonyl (C=O) groups excluding carboxylic acids is 2. The maximum absolute atomic E-state index is 10.8. The molecule has 0 aromatic heterocycles. The van der Waals surface area contributed by atoms with E-state index < -0.39 is 0 Å². The van der Waals surface area contributed by atoms with Crippen molar-refractivity contribution in [3.8, 4) is 0 Å². The van der Waals surface area contributed by atoms with Crippen LogP contribution >= 0.6 is 0 Å². The zero-order valence-electron chi connectivity index (χ0n) is 45.5. The molecule has 0 aromatic carbocycles. The van der Waals surface area contributed by atoms with E-state index in [1.165, 1.54) is 64.2 Å². The fourth-order valence-corrected chi connectivity index (χ4v) is 7.56. The van der Waals surface area contributed by atoms with Crippen LogP contribution in [-0.4, -0.2) is 88.6 Å². The summed E-state index contributed by atoms with van der Waals surface area (Å²) in [4.78, 5) is 21.6. The minimum atomic E-state index is -0.0336. The number of ether oxygens (including phenoxy) is 8. The lowest BCUT2D eigenvalue weighted by atomic mass is 9.92. The number of cyclic esters (lactones) is 2. The summed E-state index contributed by atoms with van der Waals surface area (Å²) in [5.41, 5.74) is 3.17. The van der Waals surface area contributed by atoms with Gasteiger partial charge in [-0.3, -0.25) is 9.59 Å². The highest BCUT2D eigenvalue weighted by atomic mass is 16.7. The molecule has 6 heterocycles. The van der Waals surface area contributed by atoms with E-state index in [9.17, 15) is 9.59 Å². The Labute approximate surface area is 406 Å². The van der Waals surface area contributed by atoms with Crippen molar-refractivity contribution in [3.63, 3.8) is 0 Å². The molecular formula is C56H104O10. The molecule has 0 aromatic rings. The summed E-state index contributed by atoms with van der Waals surface area (Å²) < 4.78 is 41.4. The van der Waals surface area contributed by atoms with Gasteiger partial charge in [0.15, 0.2) is 12.6 Å². The van der Waals surface area contributed by atoms with E-state index in [-0.39, 0.29) is 48.6 Å². The van der Waals surface area contributed by atoms with Crippen molar-refractivity contribution >= 4 is 11.9 Å². The molecule has 6 fully saturated rings. The maximum Gasteiger partial charge on any atom is 0.308 e. The van der Waals surface area contributed by atoms with E-state index in [0.29, 0.717) is 24.0 Å². The molecule has 0 N–H and O–H groups in total. The summed E-state index contributed by atoms with van der Waals surface area (Å²) in [5, 5.41) is 0. The van der Waals surface area contributed by atoms with Crippen LogP contribution in [-0.2, 0) is 47.5 Å².